The van der Waals surface area contributed by atoms with Crippen molar-refractivity contribution >= 4 is 17.3 Å². The second-order valence-electron chi connectivity index (χ2n) is 3.99. The molecule has 2 aromatic rings. The zero-order valence-electron chi connectivity index (χ0n) is 10.1. The van der Waals surface area contributed by atoms with E-state index in [0.29, 0.717) is 16.9 Å². The molecule has 0 aliphatic heterocycles. The molecule has 1 amide bonds. The van der Waals surface area contributed by atoms with Crippen LogP contribution in [0.1, 0.15) is 16.1 Å². The Hall–Kier alpha value is -2.37. The van der Waals surface area contributed by atoms with Gasteiger partial charge in [0.15, 0.2) is 0 Å². The molecule has 2 rings (SSSR count). The second kappa shape index (κ2) is 4.48. The lowest BCUT2D eigenvalue weighted by Crippen LogP contribution is -2.12. The van der Waals surface area contributed by atoms with Crippen molar-refractivity contribution in [2.75, 3.05) is 11.1 Å². The lowest BCUT2D eigenvalue weighted by atomic mass is 10.2. The average molecular weight is 248 g/mol. The van der Waals surface area contributed by atoms with E-state index in [2.05, 4.69) is 10.4 Å². The van der Waals surface area contributed by atoms with Crippen molar-refractivity contribution in [2.24, 2.45) is 7.05 Å². The zero-order valence-corrected chi connectivity index (χ0v) is 10.1. The largest absolute Gasteiger partial charge is 0.396 e. The first kappa shape index (κ1) is 12.1. The van der Waals surface area contributed by atoms with Crippen LogP contribution >= 0.6 is 0 Å². The number of anilines is 2. The number of nitrogens with two attached hydrogens (primary N) is 1. The third kappa shape index (κ3) is 2.32. The predicted molar refractivity (Wildman–Crippen MR) is 66.7 cm³/mol. The summed E-state index contributed by atoms with van der Waals surface area (Å²) in [6, 6.07) is 4.04. The number of nitrogens with zero attached hydrogens (tertiary/aromatic N) is 2. The minimum Gasteiger partial charge on any atom is -0.396 e. The smallest absolute Gasteiger partial charge is 0.259 e. The van der Waals surface area contributed by atoms with Crippen molar-refractivity contribution in [2.45, 2.75) is 6.92 Å². The molecule has 0 atom stereocenters. The number of rotatable bonds is 2. The average Bonchev–Trinajstić information content (AvgIpc) is 2.63. The van der Waals surface area contributed by atoms with Crippen LogP contribution < -0.4 is 11.1 Å². The number of amides is 1. The Balaban J connectivity index is 2.21. The molecule has 0 bridgehead atoms. The number of hydrogen-bond donors (Lipinski definition) is 2. The molecule has 3 N–H and O–H groups in total. The van der Waals surface area contributed by atoms with Crippen LogP contribution in [-0.4, -0.2) is 15.7 Å². The molecule has 18 heavy (non-hydrogen) atoms. The summed E-state index contributed by atoms with van der Waals surface area (Å²) in [6.45, 7) is 1.74. The Bertz CT molecular complexity index is 606. The molecule has 0 saturated carbocycles. The van der Waals surface area contributed by atoms with Crippen LogP contribution in [0.3, 0.4) is 0 Å². The Labute approximate surface area is 103 Å². The second-order valence-corrected chi connectivity index (χ2v) is 3.99. The number of nitrogen functional groups attached to an aromatic ring is 1. The molecular formula is C12H13FN4O. The Morgan fingerprint density at radius 2 is 2.22 bits per heavy atom. The van der Waals surface area contributed by atoms with E-state index >= 15 is 0 Å². The van der Waals surface area contributed by atoms with Gasteiger partial charge in [-0.05, 0) is 25.1 Å². The molecule has 6 heteroatoms. The Kier molecular flexibility index (Phi) is 3.01. The van der Waals surface area contributed by atoms with Crippen LogP contribution in [0.4, 0.5) is 15.8 Å². The van der Waals surface area contributed by atoms with Crippen molar-refractivity contribution in [1.82, 2.24) is 9.78 Å². The van der Waals surface area contributed by atoms with Gasteiger partial charge in [0.2, 0.25) is 0 Å². The number of nitrogens with one attached hydrogen (secondary N) is 1. The summed E-state index contributed by atoms with van der Waals surface area (Å²) in [5, 5.41) is 6.72. The fraction of sp³-hybridized carbons (Fsp3) is 0.167. The third-order valence-corrected chi connectivity index (χ3v) is 2.51. The molecule has 5 nitrogen and oxygen atoms in total. The number of carbonyl (C=O) groups excluding carboxylic acids is 1. The molecule has 0 radical (unpaired) electrons. The summed E-state index contributed by atoms with van der Waals surface area (Å²) in [4.78, 5) is 11.9. The topological polar surface area (TPSA) is 72.9 Å². The number of aryl methyl sites for hydroxylation is 2. The van der Waals surface area contributed by atoms with Gasteiger partial charge in [0, 0.05) is 18.9 Å². The van der Waals surface area contributed by atoms with Crippen LogP contribution in [0.2, 0.25) is 0 Å². The maximum absolute atomic E-state index is 13.0. The lowest BCUT2D eigenvalue weighted by Gasteiger charge is -2.05. The molecule has 1 aromatic carbocycles. The first-order chi connectivity index (χ1) is 8.47. The maximum Gasteiger partial charge on any atom is 0.259 e. The van der Waals surface area contributed by atoms with E-state index in [0.717, 1.165) is 0 Å². The Morgan fingerprint density at radius 3 is 2.78 bits per heavy atom. The molecule has 0 spiro atoms. The number of aromatic nitrogens is 2. The third-order valence-electron chi connectivity index (χ3n) is 2.51. The molecule has 0 saturated heterocycles. The van der Waals surface area contributed by atoms with Crippen LogP contribution in [-0.2, 0) is 7.05 Å². The zero-order chi connectivity index (χ0) is 13.3. The maximum atomic E-state index is 13.0. The summed E-state index contributed by atoms with van der Waals surface area (Å²) < 4.78 is 14.5. The minimum absolute atomic E-state index is 0.00397. The van der Waals surface area contributed by atoms with Gasteiger partial charge in [-0.15, -0.1) is 0 Å². The van der Waals surface area contributed by atoms with Crippen molar-refractivity contribution in [3.05, 3.63) is 41.5 Å². The first-order valence-electron chi connectivity index (χ1n) is 5.34. The van der Waals surface area contributed by atoms with Gasteiger partial charge in [0.25, 0.3) is 5.91 Å². The van der Waals surface area contributed by atoms with Gasteiger partial charge in [0.1, 0.15) is 5.82 Å². The van der Waals surface area contributed by atoms with Gasteiger partial charge in [-0.3, -0.25) is 9.48 Å². The highest BCUT2D eigenvalue weighted by Crippen LogP contribution is 2.17. The standard InChI is InChI=1S/C12H13FN4O/c1-7-9(6-17(2)16-7)12(18)15-8-3-4-10(13)11(14)5-8/h3-6H,14H2,1-2H3,(H,15,18). The molecule has 0 fully saturated rings. The van der Waals surface area contributed by atoms with E-state index in [1.165, 1.54) is 18.2 Å². The van der Waals surface area contributed by atoms with Crippen LogP contribution in [0.5, 0.6) is 0 Å². The minimum atomic E-state index is -0.509. The van der Waals surface area contributed by atoms with Crippen molar-refractivity contribution in [1.29, 1.82) is 0 Å². The van der Waals surface area contributed by atoms with Crippen molar-refractivity contribution < 1.29 is 9.18 Å². The van der Waals surface area contributed by atoms with Gasteiger partial charge in [-0.1, -0.05) is 0 Å². The highest BCUT2D eigenvalue weighted by Gasteiger charge is 2.13. The van der Waals surface area contributed by atoms with E-state index in [9.17, 15) is 9.18 Å². The fourth-order valence-electron chi connectivity index (χ4n) is 1.64. The number of benzene rings is 1. The van der Waals surface area contributed by atoms with Gasteiger partial charge < -0.3 is 11.1 Å². The van der Waals surface area contributed by atoms with Gasteiger partial charge >= 0.3 is 0 Å². The van der Waals surface area contributed by atoms with Gasteiger partial charge in [-0.2, -0.15) is 5.10 Å². The monoisotopic (exact) mass is 248 g/mol. The highest BCUT2D eigenvalue weighted by atomic mass is 19.1. The van der Waals surface area contributed by atoms with E-state index < -0.39 is 5.82 Å². The molecule has 1 heterocycles. The van der Waals surface area contributed by atoms with Gasteiger partial charge in [-0.25, -0.2) is 4.39 Å². The summed E-state index contributed by atoms with van der Waals surface area (Å²) in [7, 11) is 1.74. The van der Waals surface area contributed by atoms with E-state index in [4.69, 9.17) is 5.73 Å². The summed E-state index contributed by atoms with van der Waals surface area (Å²) in [5.74, 6) is -0.808. The SMILES string of the molecule is Cc1nn(C)cc1C(=O)Nc1ccc(F)c(N)c1. The molecule has 0 aliphatic carbocycles. The molecule has 1 aromatic heterocycles. The van der Waals surface area contributed by atoms with E-state index in [1.807, 2.05) is 0 Å². The quantitative estimate of drug-likeness (QED) is 0.794. The summed E-state index contributed by atoms with van der Waals surface area (Å²) in [6.07, 6.45) is 1.62. The number of halogens is 1. The molecule has 0 unspecified atom stereocenters. The molecular weight excluding hydrogens is 235 g/mol. The Morgan fingerprint density at radius 1 is 1.50 bits per heavy atom. The number of hydrogen-bond acceptors (Lipinski definition) is 3. The fourth-order valence-corrected chi connectivity index (χ4v) is 1.64. The van der Waals surface area contributed by atoms with Crippen LogP contribution in [0, 0.1) is 12.7 Å². The van der Waals surface area contributed by atoms with E-state index in [-0.39, 0.29) is 11.6 Å². The number of carbonyl (C=O) groups is 1. The summed E-state index contributed by atoms with van der Waals surface area (Å²) in [5.41, 5.74) is 6.97. The normalized spacial score (nSPS) is 10.4. The molecule has 94 valence electrons. The van der Waals surface area contributed by atoms with Crippen LogP contribution in [0.15, 0.2) is 24.4 Å². The summed E-state index contributed by atoms with van der Waals surface area (Å²) >= 11 is 0. The van der Waals surface area contributed by atoms with Crippen molar-refractivity contribution in [3.8, 4) is 0 Å². The highest BCUT2D eigenvalue weighted by molar-refractivity contribution is 6.05. The molecule has 0 aliphatic rings. The van der Waals surface area contributed by atoms with E-state index in [1.54, 1.807) is 24.9 Å². The lowest BCUT2D eigenvalue weighted by molar-refractivity contribution is 0.102. The van der Waals surface area contributed by atoms with Crippen LogP contribution in [0.25, 0.3) is 0 Å². The predicted octanol–water partition coefficient (Wildman–Crippen LogP) is 1.70. The van der Waals surface area contributed by atoms with Crippen molar-refractivity contribution in [3.63, 3.8) is 0 Å². The van der Waals surface area contributed by atoms with Gasteiger partial charge in [0.05, 0.1) is 16.9 Å². The first-order valence-corrected chi connectivity index (χ1v) is 5.34.